The first-order valence-electron chi connectivity index (χ1n) is 4.69. The number of hydrogen-bond donors (Lipinski definition) is 0. The van der Waals surface area contributed by atoms with Gasteiger partial charge < -0.3 is 9.47 Å². The zero-order chi connectivity index (χ0) is 10.2. The molecule has 2 rings (SSSR count). The van der Waals surface area contributed by atoms with Gasteiger partial charge in [0.25, 0.3) is 0 Å². The van der Waals surface area contributed by atoms with E-state index in [2.05, 4.69) is 6.58 Å². The van der Waals surface area contributed by atoms with Crippen molar-refractivity contribution in [2.75, 3.05) is 6.61 Å². The van der Waals surface area contributed by atoms with Gasteiger partial charge in [-0.3, -0.25) is 0 Å². The molecule has 0 aliphatic carbocycles. The fourth-order valence-corrected chi connectivity index (χ4v) is 1.77. The first-order valence-corrected chi connectivity index (χ1v) is 4.69. The van der Waals surface area contributed by atoms with Gasteiger partial charge in [0.05, 0.1) is 0 Å². The fraction of sp³-hybridized carbons (Fsp3) is 0.333. The molecule has 1 aliphatic heterocycles. The van der Waals surface area contributed by atoms with E-state index in [0.29, 0.717) is 12.4 Å². The van der Waals surface area contributed by atoms with Crippen LogP contribution in [-0.2, 0) is 15.3 Å². The molecule has 0 radical (unpaired) electrons. The number of rotatable bonds is 1. The molecule has 1 aliphatic rings. The maximum atomic E-state index is 5.60. The molecule has 1 unspecified atom stereocenters. The smallest absolute Gasteiger partial charge is 0.234 e. The van der Waals surface area contributed by atoms with Crippen LogP contribution in [0.3, 0.4) is 0 Å². The minimum absolute atomic E-state index is 0.477. The normalized spacial score (nSPS) is 26.3. The minimum atomic E-state index is -0.650. The summed E-state index contributed by atoms with van der Waals surface area (Å²) in [5.41, 5.74) is 2.24. The van der Waals surface area contributed by atoms with Crippen LogP contribution in [-0.4, -0.2) is 6.61 Å². The molecule has 0 saturated carbocycles. The summed E-state index contributed by atoms with van der Waals surface area (Å²) < 4.78 is 11.2. The Kier molecular flexibility index (Phi) is 2.08. The van der Waals surface area contributed by atoms with Gasteiger partial charge in [-0.15, -0.1) is 0 Å². The lowest BCUT2D eigenvalue weighted by molar-refractivity contribution is -0.141. The summed E-state index contributed by atoms with van der Waals surface area (Å²) in [6.07, 6.45) is 0. The van der Waals surface area contributed by atoms with Crippen LogP contribution in [0.4, 0.5) is 0 Å². The van der Waals surface area contributed by atoms with E-state index in [1.54, 1.807) is 0 Å². The summed E-state index contributed by atoms with van der Waals surface area (Å²) in [7, 11) is 0. The molecule has 1 aromatic carbocycles. The second kappa shape index (κ2) is 3.14. The Morgan fingerprint density at radius 3 is 2.64 bits per heavy atom. The Morgan fingerprint density at radius 2 is 2.07 bits per heavy atom. The molecule has 1 saturated heterocycles. The Morgan fingerprint density at radius 1 is 1.36 bits per heavy atom. The van der Waals surface area contributed by atoms with Crippen molar-refractivity contribution in [3.05, 3.63) is 47.7 Å². The number of hydrogen-bond acceptors (Lipinski definition) is 2. The van der Waals surface area contributed by atoms with E-state index in [1.807, 2.05) is 38.1 Å². The Balaban J connectivity index is 2.40. The van der Waals surface area contributed by atoms with Crippen molar-refractivity contribution in [1.29, 1.82) is 0 Å². The van der Waals surface area contributed by atoms with Crippen molar-refractivity contribution in [2.24, 2.45) is 0 Å². The minimum Gasteiger partial charge on any atom is -0.461 e. The van der Waals surface area contributed by atoms with Crippen molar-refractivity contribution in [3.8, 4) is 0 Å². The molecule has 2 nitrogen and oxygen atoms in total. The third-order valence-electron chi connectivity index (χ3n) is 2.48. The topological polar surface area (TPSA) is 18.5 Å². The third-order valence-corrected chi connectivity index (χ3v) is 2.48. The Hall–Kier alpha value is -1.28. The summed E-state index contributed by atoms with van der Waals surface area (Å²) in [5, 5.41) is 0. The molecule has 0 bridgehead atoms. The summed E-state index contributed by atoms with van der Waals surface area (Å²) in [6, 6.07) is 8.07. The lowest BCUT2D eigenvalue weighted by Gasteiger charge is -2.24. The average Bonchev–Trinajstić information content (AvgIpc) is 2.48. The van der Waals surface area contributed by atoms with Crippen LogP contribution >= 0.6 is 0 Å². The molecule has 0 amide bonds. The predicted molar refractivity (Wildman–Crippen MR) is 54.7 cm³/mol. The van der Waals surface area contributed by atoms with Crippen LogP contribution in [0.1, 0.15) is 18.1 Å². The molecule has 0 N–H and O–H groups in total. The van der Waals surface area contributed by atoms with Crippen molar-refractivity contribution in [2.45, 2.75) is 19.6 Å². The van der Waals surface area contributed by atoms with E-state index >= 15 is 0 Å². The molecule has 1 heterocycles. The fourth-order valence-electron chi connectivity index (χ4n) is 1.77. The summed E-state index contributed by atoms with van der Waals surface area (Å²) >= 11 is 0. The largest absolute Gasteiger partial charge is 0.461 e. The maximum Gasteiger partial charge on any atom is 0.234 e. The van der Waals surface area contributed by atoms with Crippen LogP contribution in [0, 0.1) is 6.92 Å². The molecule has 2 heteroatoms. The first-order chi connectivity index (χ1) is 6.62. The van der Waals surface area contributed by atoms with Gasteiger partial charge in [0, 0.05) is 12.5 Å². The Labute approximate surface area is 84.2 Å². The number of aryl methyl sites for hydroxylation is 1. The van der Waals surface area contributed by atoms with Gasteiger partial charge in [0.1, 0.15) is 12.4 Å². The molecule has 1 fully saturated rings. The van der Waals surface area contributed by atoms with E-state index in [9.17, 15) is 0 Å². The highest BCUT2D eigenvalue weighted by molar-refractivity contribution is 5.30. The van der Waals surface area contributed by atoms with Crippen LogP contribution in [0.5, 0.6) is 0 Å². The molecule has 0 aromatic heterocycles. The molecule has 74 valence electrons. The van der Waals surface area contributed by atoms with Gasteiger partial charge in [-0.05, 0) is 12.5 Å². The van der Waals surface area contributed by atoms with E-state index in [0.717, 1.165) is 5.56 Å². The average molecular weight is 190 g/mol. The van der Waals surface area contributed by atoms with Gasteiger partial charge in [0.2, 0.25) is 5.79 Å². The molecular formula is C12H14O2. The van der Waals surface area contributed by atoms with Crippen LogP contribution < -0.4 is 0 Å². The zero-order valence-corrected chi connectivity index (χ0v) is 8.54. The van der Waals surface area contributed by atoms with Crippen LogP contribution in [0.25, 0.3) is 0 Å². The Bertz CT molecular complexity index is 370. The third kappa shape index (κ3) is 1.42. The summed E-state index contributed by atoms with van der Waals surface area (Å²) in [5.74, 6) is 0.0401. The zero-order valence-electron chi connectivity index (χ0n) is 8.54. The SMILES string of the molecule is C=C1COC(C)(c2ccccc2C)O1. The standard InChI is InChI=1S/C12H14O2/c1-9-6-4-5-7-11(9)12(3)13-8-10(2)14-12/h4-7H,2,8H2,1,3H3. The van der Waals surface area contributed by atoms with E-state index in [4.69, 9.17) is 9.47 Å². The molecule has 14 heavy (non-hydrogen) atoms. The van der Waals surface area contributed by atoms with Crippen molar-refractivity contribution in [3.63, 3.8) is 0 Å². The lowest BCUT2D eigenvalue weighted by Crippen LogP contribution is -2.23. The first kappa shape index (κ1) is 9.28. The van der Waals surface area contributed by atoms with Crippen molar-refractivity contribution < 1.29 is 9.47 Å². The summed E-state index contributed by atoms with van der Waals surface area (Å²) in [6.45, 7) is 8.21. The lowest BCUT2D eigenvalue weighted by atomic mass is 10.0. The highest BCUT2D eigenvalue weighted by atomic mass is 16.7. The van der Waals surface area contributed by atoms with E-state index < -0.39 is 5.79 Å². The van der Waals surface area contributed by atoms with E-state index in [1.165, 1.54) is 5.56 Å². The van der Waals surface area contributed by atoms with Crippen molar-refractivity contribution in [1.82, 2.24) is 0 Å². The molecular weight excluding hydrogens is 176 g/mol. The second-order valence-electron chi connectivity index (χ2n) is 3.69. The predicted octanol–water partition coefficient (Wildman–Crippen LogP) is 2.73. The molecule has 1 aromatic rings. The highest BCUT2D eigenvalue weighted by Gasteiger charge is 2.36. The summed E-state index contributed by atoms with van der Waals surface area (Å²) in [4.78, 5) is 0. The van der Waals surface area contributed by atoms with Gasteiger partial charge in [0.15, 0.2) is 0 Å². The highest BCUT2D eigenvalue weighted by Crippen LogP contribution is 2.36. The van der Waals surface area contributed by atoms with Crippen LogP contribution in [0.15, 0.2) is 36.6 Å². The van der Waals surface area contributed by atoms with Crippen molar-refractivity contribution >= 4 is 0 Å². The number of benzene rings is 1. The monoisotopic (exact) mass is 190 g/mol. The maximum absolute atomic E-state index is 5.60. The van der Waals surface area contributed by atoms with Gasteiger partial charge in [-0.25, -0.2) is 0 Å². The van der Waals surface area contributed by atoms with E-state index in [-0.39, 0.29) is 0 Å². The van der Waals surface area contributed by atoms with Gasteiger partial charge in [-0.2, -0.15) is 0 Å². The molecule has 0 spiro atoms. The quantitative estimate of drug-likeness (QED) is 0.678. The van der Waals surface area contributed by atoms with Gasteiger partial charge >= 0.3 is 0 Å². The van der Waals surface area contributed by atoms with Gasteiger partial charge in [-0.1, -0.05) is 30.8 Å². The van der Waals surface area contributed by atoms with Crippen LogP contribution in [0.2, 0.25) is 0 Å². The molecule has 1 atom stereocenters. The number of ether oxygens (including phenoxy) is 2. The second-order valence-corrected chi connectivity index (χ2v) is 3.69.